The first kappa shape index (κ1) is 13.9. The highest BCUT2D eigenvalue weighted by atomic mass is 35.5. The van der Waals surface area contributed by atoms with E-state index in [1.165, 1.54) is 9.75 Å². The van der Waals surface area contributed by atoms with Crippen molar-refractivity contribution < 1.29 is 0 Å². The Morgan fingerprint density at radius 2 is 2.00 bits per heavy atom. The fourth-order valence-electron chi connectivity index (χ4n) is 1.41. The minimum Gasteiger partial charge on any atom is -0.323 e. The van der Waals surface area contributed by atoms with E-state index in [9.17, 15) is 0 Å². The Balaban J connectivity index is 0.00000169. The summed E-state index contributed by atoms with van der Waals surface area (Å²) >= 11 is 1.86. The predicted molar refractivity (Wildman–Crippen MR) is 67.3 cm³/mol. The van der Waals surface area contributed by atoms with Gasteiger partial charge in [-0.15, -0.1) is 23.7 Å². The van der Waals surface area contributed by atoms with Crippen LogP contribution in [0.25, 0.3) is 0 Å². The molecule has 0 saturated heterocycles. The van der Waals surface area contributed by atoms with Crippen molar-refractivity contribution in [3.63, 3.8) is 0 Å². The first-order chi connectivity index (χ1) is 6.13. The van der Waals surface area contributed by atoms with Crippen LogP contribution in [-0.4, -0.2) is 0 Å². The Morgan fingerprint density at radius 3 is 2.43 bits per heavy atom. The van der Waals surface area contributed by atoms with Crippen LogP contribution in [0.5, 0.6) is 0 Å². The average molecular weight is 234 g/mol. The lowest BCUT2D eigenvalue weighted by Crippen LogP contribution is -2.11. The molecule has 0 spiro atoms. The van der Waals surface area contributed by atoms with Crippen LogP contribution in [0.15, 0.2) is 12.1 Å². The highest BCUT2D eigenvalue weighted by molar-refractivity contribution is 7.12. The van der Waals surface area contributed by atoms with E-state index in [-0.39, 0.29) is 18.4 Å². The maximum absolute atomic E-state index is 6.07. The Kier molecular flexibility index (Phi) is 6.41. The predicted octanol–water partition coefficient (Wildman–Crippen LogP) is 3.78. The van der Waals surface area contributed by atoms with Crippen LogP contribution in [-0.2, 0) is 6.42 Å². The average Bonchev–Trinajstić information content (AvgIpc) is 2.50. The molecule has 0 fully saturated rings. The standard InChI is InChI=1S/C11H19NS.ClH/c1-4-9-5-6-11(13-9)10(12)7-8(2)3;/h5-6,8,10H,4,7,12H2,1-3H3;1H/t10-;/m1./s1. The molecule has 0 aliphatic heterocycles. The first-order valence-corrected chi connectivity index (χ1v) is 5.79. The van der Waals surface area contributed by atoms with Crippen molar-refractivity contribution >= 4 is 23.7 Å². The van der Waals surface area contributed by atoms with Crippen molar-refractivity contribution in [3.8, 4) is 0 Å². The second kappa shape index (κ2) is 6.44. The van der Waals surface area contributed by atoms with Gasteiger partial charge in [0.15, 0.2) is 0 Å². The van der Waals surface area contributed by atoms with Crippen LogP contribution in [0.2, 0.25) is 0 Å². The van der Waals surface area contributed by atoms with Gasteiger partial charge in [-0.05, 0) is 30.9 Å². The highest BCUT2D eigenvalue weighted by Gasteiger charge is 2.10. The molecule has 3 heteroatoms. The van der Waals surface area contributed by atoms with Gasteiger partial charge in [-0.3, -0.25) is 0 Å². The number of halogens is 1. The number of hydrogen-bond acceptors (Lipinski definition) is 2. The monoisotopic (exact) mass is 233 g/mol. The fourth-order valence-corrected chi connectivity index (χ4v) is 2.37. The largest absolute Gasteiger partial charge is 0.323 e. The molecule has 0 aliphatic carbocycles. The lowest BCUT2D eigenvalue weighted by molar-refractivity contribution is 0.515. The summed E-state index contributed by atoms with van der Waals surface area (Å²) in [5, 5.41) is 0. The molecule has 1 rings (SSSR count). The molecule has 1 aromatic rings. The second-order valence-electron chi connectivity index (χ2n) is 3.89. The Bertz CT molecular complexity index is 258. The summed E-state index contributed by atoms with van der Waals surface area (Å²) in [6.07, 6.45) is 2.21. The zero-order valence-corrected chi connectivity index (χ0v) is 10.8. The maximum Gasteiger partial charge on any atom is 0.0392 e. The van der Waals surface area contributed by atoms with Gasteiger partial charge in [0.1, 0.15) is 0 Å². The third-order valence-corrected chi connectivity index (χ3v) is 3.48. The van der Waals surface area contributed by atoms with E-state index in [1.807, 2.05) is 11.3 Å². The second-order valence-corrected chi connectivity index (χ2v) is 5.09. The van der Waals surface area contributed by atoms with E-state index in [2.05, 4.69) is 32.9 Å². The molecule has 0 aliphatic rings. The molecule has 1 aromatic heterocycles. The molecular formula is C11H20ClNS. The summed E-state index contributed by atoms with van der Waals surface area (Å²) in [6, 6.07) is 4.61. The first-order valence-electron chi connectivity index (χ1n) is 4.97. The molecule has 0 amide bonds. The van der Waals surface area contributed by atoms with Gasteiger partial charge >= 0.3 is 0 Å². The minimum atomic E-state index is 0. The van der Waals surface area contributed by atoms with E-state index in [0.29, 0.717) is 5.92 Å². The fraction of sp³-hybridized carbons (Fsp3) is 0.636. The normalized spacial score (nSPS) is 12.6. The van der Waals surface area contributed by atoms with Crippen LogP contribution < -0.4 is 5.73 Å². The number of hydrogen-bond donors (Lipinski definition) is 1. The number of rotatable bonds is 4. The number of nitrogens with two attached hydrogens (primary N) is 1. The molecule has 0 aromatic carbocycles. The SMILES string of the molecule is CCc1ccc([C@H](N)CC(C)C)s1.Cl. The van der Waals surface area contributed by atoms with Gasteiger partial charge in [0.2, 0.25) is 0 Å². The number of thiophene rings is 1. The summed E-state index contributed by atoms with van der Waals surface area (Å²) < 4.78 is 0. The van der Waals surface area contributed by atoms with Gasteiger partial charge in [0.25, 0.3) is 0 Å². The zero-order valence-electron chi connectivity index (χ0n) is 9.12. The van der Waals surface area contributed by atoms with Crippen LogP contribution in [0.4, 0.5) is 0 Å². The molecule has 0 radical (unpaired) electrons. The molecule has 2 N–H and O–H groups in total. The van der Waals surface area contributed by atoms with Gasteiger partial charge in [0.05, 0.1) is 0 Å². The zero-order chi connectivity index (χ0) is 9.84. The summed E-state index contributed by atoms with van der Waals surface area (Å²) in [5.41, 5.74) is 6.07. The smallest absolute Gasteiger partial charge is 0.0392 e. The quantitative estimate of drug-likeness (QED) is 0.842. The highest BCUT2D eigenvalue weighted by Crippen LogP contribution is 2.26. The van der Waals surface area contributed by atoms with Crippen LogP contribution >= 0.6 is 23.7 Å². The van der Waals surface area contributed by atoms with Crippen molar-refractivity contribution in [1.82, 2.24) is 0 Å². The molecule has 0 saturated carbocycles. The molecule has 1 nitrogen and oxygen atoms in total. The van der Waals surface area contributed by atoms with E-state index in [1.54, 1.807) is 0 Å². The van der Waals surface area contributed by atoms with E-state index < -0.39 is 0 Å². The van der Waals surface area contributed by atoms with E-state index in [4.69, 9.17) is 5.73 Å². The van der Waals surface area contributed by atoms with Crippen molar-refractivity contribution in [2.45, 2.75) is 39.7 Å². The van der Waals surface area contributed by atoms with Gasteiger partial charge < -0.3 is 5.73 Å². The third kappa shape index (κ3) is 3.99. The molecule has 82 valence electrons. The van der Waals surface area contributed by atoms with E-state index in [0.717, 1.165) is 12.8 Å². The maximum atomic E-state index is 6.07. The molecule has 0 bridgehead atoms. The number of aryl methyl sites for hydroxylation is 1. The Morgan fingerprint density at radius 1 is 1.36 bits per heavy atom. The van der Waals surface area contributed by atoms with Crippen LogP contribution in [0, 0.1) is 5.92 Å². The lowest BCUT2D eigenvalue weighted by Gasteiger charge is -2.11. The third-order valence-electron chi connectivity index (χ3n) is 2.12. The van der Waals surface area contributed by atoms with Gasteiger partial charge in [-0.2, -0.15) is 0 Å². The molecule has 1 heterocycles. The molecule has 14 heavy (non-hydrogen) atoms. The van der Waals surface area contributed by atoms with Crippen LogP contribution in [0.1, 0.15) is 43.0 Å². The lowest BCUT2D eigenvalue weighted by atomic mass is 10.0. The molecule has 0 unspecified atom stereocenters. The van der Waals surface area contributed by atoms with E-state index >= 15 is 0 Å². The van der Waals surface area contributed by atoms with Crippen molar-refractivity contribution in [2.75, 3.05) is 0 Å². The molecular weight excluding hydrogens is 214 g/mol. The van der Waals surface area contributed by atoms with Crippen LogP contribution in [0.3, 0.4) is 0 Å². The van der Waals surface area contributed by atoms with Crippen molar-refractivity contribution in [1.29, 1.82) is 0 Å². The van der Waals surface area contributed by atoms with Crippen molar-refractivity contribution in [3.05, 3.63) is 21.9 Å². The minimum absolute atomic E-state index is 0. The van der Waals surface area contributed by atoms with Gasteiger partial charge in [-0.25, -0.2) is 0 Å². The summed E-state index contributed by atoms with van der Waals surface area (Å²) in [6.45, 7) is 6.62. The summed E-state index contributed by atoms with van der Waals surface area (Å²) in [7, 11) is 0. The Hall–Kier alpha value is -0.0500. The topological polar surface area (TPSA) is 26.0 Å². The van der Waals surface area contributed by atoms with Crippen molar-refractivity contribution in [2.24, 2.45) is 11.7 Å². The summed E-state index contributed by atoms with van der Waals surface area (Å²) in [4.78, 5) is 2.78. The summed E-state index contributed by atoms with van der Waals surface area (Å²) in [5.74, 6) is 0.683. The van der Waals surface area contributed by atoms with Gasteiger partial charge in [0, 0.05) is 15.8 Å². The Labute approximate surface area is 97.1 Å². The molecule has 1 atom stereocenters. The van der Waals surface area contributed by atoms with Gasteiger partial charge in [-0.1, -0.05) is 20.8 Å².